The first kappa shape index (κ1) is 33.8. The molecule has 0 radical (unpaired) electrons. The maximum Gasteiger partial charge on any atom is 0.573 e. The fourth-order valence-electron chi connectivity index (χ4n) is 5.35. The number of nitrogens with one attached hydrogen (secondary N) is 1. The van der Waals surface area contributed by atoms with Gasteiger partial charge in [0.05, 0.1) is 18.8 Å². The van der Waals surface area contributed by atoms with Crippen molar-refractivity contribution in [1.29, 1.82) is 0 Å². The number of aromatic nitrogens is 3. The lowest BCUT2D eigenvalue weighted by molar-refractivity contribution is -0.274. The number of amidine groups is 1. The number of urea groups is 1. The molecule has 2 atom stereocenters. The minimum atomic E-state index is -4.76. The predicted molar refractivity (Wildman–Crippen MR) is 179 cm³/mol. The van der Waals surface area contributed by atoms with E-state index in [-0.39, 0.29) is 23.8 Å². The van der Waals surface area contributed by atoms with Crippen molar-refractivity contribution in [3.05, 3.63) is 84.2 Å². The molecule has 1 saturated heterocycles. The zero-order chi connectivity index (χ0) is 33.7. The van der Waals surface area contributed by atoms with E-state index >= 15 is 0 Å². The SMILES string of the molecule is CCC(NC(=O)N=C1SCCC(C)N1c1ccc(OC)cc1C(C)C)c1ccc(-c2ncn(-c3ccc(OC(F)(F)F)cc3)n2)cc1. The summed E-state index contributed by atoms with van der Waals surface area (Å²) >= 11 is 1.58. The summed E-state index contributed by atoms with van der Waals surface area (Å²) in [7, 11) is 1.66. The molecule has 248 valence electrons. The fourth-order valence-corrected chi connectivity index (χ4v) is 6.56. The molecule has 9 nitrogen and oxygen atoms in total. The molecular weight excluding hydrogens is 629 g/mol. The highest BCUT2D eigenvalue weighted by molar-refractivity contribution is 8.14. The fraction of sp³-hybridized carbons (Fsp3) is 0.353. The van der Waals surface area contributed by atoms with Gasteiger partial charge >= 0.3 is 12.4 Å². The van der Waals surface area contributed by atoms with Gasteiger partial charge in [0, 0.05) is 23.0 Å². The van der Waals surface area contributed by atoms with E-state index in [1.165, 1.54) is 35.3 Å². The molecule has 1 aliphatic rings. The van der Waals surface area contributed by atoms with Gasteiger partial charge in [-0.05, 0) is 79.3 Å². The van der Waals surface area contributed by atoms with E-state index in [1.54, 1.807) is 18.9 Å². The molecule has 1 aliphatic heterocycles. The number of rotatable bonds is 9. The van der Waals surface area contributed by atoms with Crippen LogP contribution in [0.3, 0.4) is 0 Å². The van der Waals surface area contributed by atoms with Crippen LogP contribution in [0.5, 0.6) is 11.5 Å². The number of carbonyl (C=O) groups is 1. The third kappa shape index (κ3) is 8.26. The average molecular weight is 667 g/mol. The highest BCUT2D eigenvalue weighted by Gasteiger charge is 2.31. The van der Waals surface area contributed by atoms with Crippen LogP contribution in [-0.4, -0.2) is 51.2 Å². The van der Waals surface area contributed by atoms with Gasteiger partial charge in [0.25, 0.3) is 0 Å². The maximum absolute atomic E-state index is 13.3. The number of thioether (sulfide) groups is 1. The molecule has 0 spiro atoms. The Morgan fingerprint density at radius 2 is 1.79 bits per heavy atom. The van der Waals surface area contributed by atoms with Crippen molar-refractivity contribution >= 4 is 28.6 Å². The molecule has 0 saturated carbocycles. The molecule has 2 heterocycles. The molecule has 0 bridgehead atoms. The van der Waals surface area contributed by atoms with Gasteiger partial charge < -0.3 is 19.7 Å². The third-order valence-electron chi connectivity index (χ3n) is 7.83. The van der Waals surface area contributed by atoms with Crippen molar-refractivity contribution < 1.29 is 27.4 Å². The number of alkyl halides is 3. The van der Waals surface area contributed by atoms with Crippen molar-refractivity contribution in [2.75, 3.05) is 17.8 Å². The Morgan fingerprint density at radius 3 is 2.43 bits per heavy atom. The quantitative estimate of drug-likeness (QED) is 0.191. The van der Waals surface area contributed by atoms with Crippen LogP contribution in [0.1, 0.15) is 63.6 Å². The molecule has 4 aromatic rings. The first-order chi connectivity index (χ1) is 22.5. The Morgan fingerprint density at radius 1 is 1.09 bits per heavy atom. The largest absolute Gasteiger partial charge is 0.573 e. The summed E-state index contributed by atoms with van der Waals surface area (Å²) in [6, 6.07) is 18.5. The van der Waals surface area contributed by atoms with Crippen LogP contribution in [0.2, 0.25) is 0 Å². The van der Waals surface area contributed by atoms with Gasteiger partial charge in [0.15, 0.2) is 11.0 Å². The average Bonchev–Trinajstić information content (AvgIpc) is 3.54. The normalized spacial score (nSPS) is 16.7. The number of ether oxygens (including phenoxy) is 2. The molecule has 2 unspecified atom stereocenters. The first-order valence-corrected chi connectivity index (χ1v) is 16.3. The highest BCUT2D eigenvalue weighted by atomic mass is 32.2. The Bertz CT molecular complexity index is 1710. The number of hydrogen-bond donors (Lipinski definition) is 1. The second-order valence-corrected chi connectivity index (χ2v) is 12.5. The van der Waals surface area contributed by atoms with Crippen LogP contribution in [-0.2, 0) is 0 Å². The van der Waals surface area contributed by atoms with E-state index in [9.17, 15) is 18.0 Å². The lowest BCUT2D eigenvalue weighted by Crippen LogP contribution is -2.43. The Hall–Kier alpha value is -4.52. The Kier molecular flexibility index (Phi) is 10.4. The standard InChI is InChI=1S/C34H37F3N6O3S/c1-6-29(39-32(44)40-33-43(22(4)17-18-47-33)30-16-15-27(45-5)19-28(30)21(2)3)23-7-9-24(10-8-23)31-38-20-42(41-31)25-11-13-26(14-12-25)46-34(35,36)37/h7-16,19-22,29H,6,17-18H2,1-5H3,(H,39,44). The monoisotopic (exact) mass is 666 g/mol. The summed E-state index contributed by atoms with van der Waals surface area (Å²) in [5.41, 5.74) is 4.34. The van der Waals surface area contributed by atoms with E-state index in [1.807, 2.05) is 43.3 Å². The molecular formula is C34H37F3N6O3S. The lowest BCUT2D eigenvalue weighted by Gasteiger charge is -2.37. The Labute approximate surface area is 276 Å². The maximum atomic E-state index is 13.3. The van der Waals surface area contributed by atoms with Gasteiger partial charge in [-0.15, -0.1) is 18.3 Å². The van der Waals surface area contributed by atoms with Gasteiger partial charge in [-0.2, -0.15) is 4.99 Å². The van der Waals surface area contributed by atoms with Crippen LogP contribution < -0.4 is 19.7 Å². The minimum absolute atomic E-state index is 0.170. The number of hydrogen-bond acceptors (Lipinski definition) is 6. The second-order valence-electron chi connectivity index (χ2n) is 11.4. The number of benzene rings is 3. The van der Waals surface area contributed by atoms with E-state index in [4.69, 9.17) is 4.74 Å². The molecule has 5 rings (SSSR count). The molecule has 1 fully saturated rings. The third-order valence-corrected chi connectivity index (χ3v) is 8.82. The highest BCUT2D eigenvalue weighted by Crippen LogP contribution is 2.37. The summed E-state index contributed by atoms with van der Waals surface area (Å²) in [6.07, 6.45) is -1.65. The van der Waals surface area contributed by atoms with Crippen LogP contribution in [0.25, 0.3) is 17.1 Å². The molecule has 2 amide bonds. The van der Waals surface area contributed by atoms with E-state index in [0.717, 1.165) is 40.3 Å². The van der Waals surface area contributed by atoms with Crippen LogP contribution in [0.4, 0.5) is 23.7 Å². The molecule has 0 aliphatic carbocycles. The summed E-state index contributed by atoms with van der Waals surface area (Å²) < 4.78 is 48.3. The second kappa shape index (κ2) is 14.5. The number of methoxy groups -OCH3 is 1. The minimum Gasteiger partial charge on any atom is -0.497 e. The number of nitrogens with zero attached hydrogens (tertiary/aromatic N) is 5. The van der Waals surface area contributed by atoms with Crippen molar-refractivity contribution in [1.82, 2.24) is 20.1 Å². The number of halogens is 3. The van der Waals surface area contributed by atoms with Gasteiger partial charge in [-0.3, -0.25) is 0 Å². The van der Waals surface area contributed by atoms with Crippen molar-refractivity contribution in [3.8, 4) is 28.6 Å². The zero-order valence-corrected chi connectivity index (χ0v) is 27.6. The zero-order valence-electron chi connectivity index (χ0n) is 26.8. The molecule has 1 N–H and O–H groups in total. The smallest absolute Gasteiger partial charge is 0.497 e. The molecule has 13 heteroatoms. The topological polar surface area (TPSA) is 93.9 Å². The molecule has 47 heavy (non-hydrogen) atoms. The summed E-state index contributed by atoms with van der Waals surface area (Å²) in [5.74, 6) is 2.04. The summed E-state index contributed by atoms with van der Waals surface area (Å²) in [6.45, 7) is 8.43. The number of anilines is 1. The van der Waals surface area contributed by atoms with Crippen LogP contribution in [0, 0.1) is 0 Å². The lowest BCUT2D eigenvalue weighted by atomic mass is 9.99. The molecule has 3 aromatic carbocycles. The van der Waals surface area contributed by atoms with Crippen molar-refractivity contribution in [2.45, 2.75) is 64.9 Å². The van der Waals surface area contributed by atoms with E-state index < -0.39 is 12.4 Å². The Balaban J connectivity index is 1.29. The number of aliphatic imine (C=N–C) groups is 1. The van der Waals surface area contributed by atoms with Crippen molar-refractivity contribution in [3.63, 3.8) is 0 Å². The van der Waals surface area contributed by atoms with Crippen LogP contribution in [0.15, 0.2) is 78.0 Å². The summed E-state index contributed by atoms with van der Waals surface area (Å²) in [4.78, 5) is 24.4. The predicted octanol–water partition coefficient (Wildman–Crippen LogP) is 8.51. The van der Waals surface area contributed by atoms with E-state index in [2.05, 4.69) is 56.9 Å². The van der Waals surface area contributed by atoms with Gasteiger partial charge in [-0.25, -0.2) is 14.5 Å². The van der Waals surface area contributed by atoms with Gasteiger partial charge in [0.1, 0.15) is 17.8 Å². The van der Waals surface area contributed by atoms with E-state index in [0.29, 0.717) is 23.1 Å². The van der Waals surface area contributed by atoms with Gasteiger partial charge in [-0.1, -0.05) is 56.8 Å². The van der Waals surface area contributed by atoms with Crippen LogP contribution >= 0.6 is 11.8 Å². The summed E-state index contributed by atoms with van der Waals surface area (Å²) in [5, 5.41) is 8.21. The molecule has 1 aromatic heterocycles. The van der Waals surface area contributed by atoms with Crippen molar-refractivity contribution in [2.24, 2.45) is 4.99 Å². The number of amides is 2. The number of carbonyl (C=O) groups excluding carboxylic acids is 1. The van der Waals surface area contributed by atoms with Gasteiger partial charge in [0.2, 0.25) is 0 Å². The first-order valence-electron chi connectivity index (χ1n) is 15.3.